The van der Waals surface area contributed by atoms with Gasteiger partial charge in [0.05, 0.1) is 5.71 Å². The van der Waals surface area contributed by atoms with Crippen LogP contribution in [0.1, 0.15) is 29.5 Å². The molecular weight excluding hydrogens is 448 g/mol. The predicted octanol–water partition coefficient (Wildman–Crippen LogP) is 2.40. The van der Waals surface area contributed by atoms with Crippen molar-refractivity contribution in [3.8, 4) is 0 Å². The molecule has 0 aromatic heterocycles. The Kier molecular flexibility index (Phi) is 8.18. The minimum atomic E-state index is -0.381. The van der Waals surface area contributed by atoms with Crippen molar-refractivity contribution in [2.24, 2.45) is 16.5 Å². The number of hydrogen-bond acceptors (Lipinski definition) is 8. The van der Waals surface area contributed by atoms with Gasteiger partial charge in [-0.05, 0) is 60.4 Å². The van der Waals surface area contributed by atoms with E-state index >= 15 is 0 Å². The van der Waals surface area contributed by atoms with Gasteiger partial charge in [-0.3, -0.25) is 16.1 Å². The average molecular weight is 481 g/mol. The third-order valence-corrected chi connectivity index (χ3v) is 6.64. The molecule has 8 nitrogen and oxygen atoms in total. The molecule has 2 aromatic rings. The fraction of sp³-hybridized carbons (Fsp3) is 0.360. The standard InChI is InChI=1S/C25H33ClN8/c26-21-7-3-18(4-8-21)10-14-34(17-19-1-5-20(6-2-19)23(28)9-13-27)22-11-15-33(16-12-22)25-30-24(29)31-32-25/h1-9,13,22,24,28,31H,10-12,14-17,27,29H2,(H,30,32). The maximum Gasteiger partial charge on any atom is 0.211 e. The number of rotatable bonds is 8. The smallest absolute Gasteiger partial charge is 0.211 e. The number of guanidine groups is 1. The highest BCUT2D eigenvalue weighted by Gasteiger charge is 2.28. The maximum absolute atomic E-state index is 8.06. The second-order valence-electron chi connectivity index (χ2n) is 8.70. The van der Waals surface area contributed by atoms with Crippen LogP contribution in [-0.2, 0) is 13.0 Å². The number of nitrogens with one attached hydrogen (secondary N) is 3. The highest BCUT2D eigenvalue weighted by molar-refractivity contribution is 6.30. The predicted molar refractivity (Wildman–Crippen MR) is 138 cm³/mol. The van der Waals surface area contributed by atoms with Crippen LogP contribution in [0.5, 0.6) is 0 Å². The molecule has 2 heterocycles. The van der Waals surface area contributed by atoms with E-state index in [1.807, 2.05) is 24.3 Å². The Balaban J connectivity index is 1.42. The Morgan fingerprint density at radius 1 is 1.12 bits per heavy atom. The number of nitrogens with two attached hydrogens (primary N) is 2. The number of hydrazine groups is 1. The first-order valence-corrected chi connectivity index (χ1v) is 12.0. The van der Waals surface area contributed by atoms with Gasteiger partial charge in [-0.25, -0.2) is 4.99 Å². The molecule has 2 aliphatic heterocycles. The van der Waals surface area contributed by atoms with E-state index in [9.17, 15) is 0 Å². The average Bonchev–Trinajstić information content (AvgIpc) is 3.29. The van der Waals surface area contributed by atoms with Gasteiger partial charge in [0.15, 0.2) is 6.29 Å². The molecule has 7 N–H and O–H groups in total. The minimum absolute atomic E-state index is 0.381. The Labute approximate surface area is 206 Å². The molecule has 180 valence electrons. The first-order chi connectivity index (χ1) is 16.5. The Hall–Kier alpha value is -2.91. The molecule has 1 atom stereocenters. The molecule has 0 bridgehead atoms. The molecule has 0 aliphatic carbocycles. The fourth-order valence-electron chi connectivity index (χ4n) is 4.47. The van der Waals surface area contributed by atoms with Crippen LogP contribution in [0.15, 0.2) is 65.8 Å². The summed E-state index contributed by atoms with van der Waals surface area (Å²) in [5, 5.41) is 8.83. The van der Waals surface area contributed by atoms with Gasteiger partial charge in [-0.1, -0.05) is 48.0 Å². The third-order valence-electron chi connectivity index (χ3n) is 6.39. The number of benzene rings is 2. The number of nitrogens with zero attached hydrogens (tertiary/aromatic N) is 3. The van der Waals surface area contributed by atoms with E-state index in [2.05, 4.69) is 49.9 Å². The number of piperidine rings is 1. The molecule has 1 unspecified atom stereocenters. The van der Waals surface area contributed by atoms with E-state index in [0.717, 1.165) is 62.0 Å². The lowest BCUT2D eigenvalue weighted by Crippen LogP contribution is -2.51. The summed E-state index contributed by atoms with van der Waals surface area (Å²) in [5.74, 6) is 0.836. The zero-order chi connectivity index (χ0) is 23.9. The first kappa shape index (κ1) is 24.2. The van der Waals surface area contributed by atoms with Crippen molar-refractivity contribution in [1.29, 1.82) is 5.41 Å². The number of hydrogen-bond donors (Lipinski definition) is 5. The van der Waals surface area contributed by atoms with Crippen molar-refractivity contribution < 1.29 is 0 Å². The van der Waals surface area contributed by atoms with Crippen LogP contribution in [0.4, 0.5) is 0 Å². The lowest BCUT2D eigenvalue weighted by atomic mass is 10.0. The monoisotopic (exact) mass is 480 g/mol. The van der Waals surface area contributed by atoms with Gasteiger partial charge in [-0.2, -0.15) is 5.43 Å². The minimum Gasteiger partial charge on any atom is -0.405 e. The summed E-state index contributed by atoms with van der Waals surface area (Å²) in [4.78, 5) is 9.26. The first-order valence-electron chi connectivity index (χ1n) is 11.7. The van der Waals surface area contributed by atoms with Crippen LogP contribution in [-0.4, -0.2) is 53.4 Å². The van der Waals surface area contributed by atoms with Crippen LogP contribution in [0.25, 0.3) is 0 Å². The van der Waals surface area contributed by atoms with Crippen molar-refractivity contribution in [3.63, 3.8) is 0 Å². The van der Waals surface area contributed by atoms with Crippen molar-refractivity contribution in [2.75, 3.05) is 19.6 Å². The van der Waals surface area contributed by atoms with E-state index in [4.69, 9.17) is 28.5 Å². The molecule has 9 heteroatoms. The summed E-state index contributed by atoms with van der Waals surface area (Å²) in [5.41, 5.74) is 21.1. The Bertz CT molecular complexity index is 1010. The molecule has 0 saturated carbocycles. The number of allylic oxidation sites excluding steroid dienone is 1. The third kappa shape index (κ3) is 6.36. The zero-order valence-electron chi connectivity index (χ0n) is 19.3. The van der Waals surface area contributed by atoms with Gasteiger partial charge >= 0.3 is 0 Å². The second kappa shape index (κ2) is 11.5. The summed E-state index contributed by atoms with van der Waals surface area (Å²) < 4.78 is 0. The van der Waals surface area contributed by atoms with Gasteiger partial charge in [-0.15, -0.1) is 0 Å². The number of aliphatic imine (C=N–C) groups is 1. The van der Waals surface area contributed by atoms with Crippen molar-refractivity contribution in [2.45, 2.75) is 38.1 Å². The quantitative estimate of drug-likeness (QED) is 0.370. The Morgan fingerprint density at radius 3 is 2.41 bits per heavy atom. The molecule has 0 spiro atoms. The lowest BCUT2D eigenvalue weighted by Gasteiger charge is -2.39. The van der Waals surface area contributed by atoms with E-state index in [1.54, 1.807) is 6.08 Å². The van der Waals surface area contributed by atoms with Crippen LogP contribution in [0, 0.1) is 5.41 Å². The number of likely N-dealkylation sites (tertiary alicyclic amines) is 1. The van der Waals surface area contributed by atoms with E-state index < -0.39 is 0 Å². The summed E-state index contributed by atoms with van der Waals surface area (Å²) in [6.45, 7) is 3.70. The van der Waals surface area contributed by atoms with Gasteiger partial charge in [0.1, 0.15) is 0 Å². The number of halogens is 1. The van der Waals surface area contributed by atoms with Crippen LogP contribution in [0.3, 0.4) is 0 Å². The topological polar surface area (TPSA) is 119 Å². The molecule has 0 amide bonds. The van der Waals surface area contributed by atoms with Crippen LogP contribution >= 0.6 is 11.6 Å². The summed E-state index contributed by atoms with van der Waals surface area (Å²) in [6.07, 6.45) is 5.70. The van der Waals surface area contributed by atoms with E-state index in [-0.39, 0.29) is 6.29 Å². The molecule has 2 aliphatic rings. The second-order valence-corrected chi connectivity index (χ2v) is 9.14. The van der Waals surface area contributed by atoms with Gasteiger partial charge < -0.3 is 16.0 Å². The summed E-state index contributed by atoms with van der Waals surface area (Å²) in [7, 11) is 0. The molecule has 1 fully saturated rings. The maximum atomic E-state index is 8.06. The molecule has 2 aromatic carbocycles. The van der Waals surface area contributed by atoms with E-state index in [0.29, 0.717) is 11.8 Å². The SMILES string of the molecule is N=C(C=CN)c1ccc(CN(CCc2ccc(Cl)cc2)C2CCN(C3=NC(N)NN3)CC2)cc1. The van der Waals surface area contributed by atoms with Gasteiger partial charge in [0.2, 0.25) is 5.96 Å². The highest BCUT2D eigenvalue weighted by atomic mass is 35.5. The Morgan fingerprint density at radius 2 is 1.79 bits per heavy atom. The molecule has 0 radical (unpaired) electrons. The molecule has 34 heavy (non-hydrogen) atoms. The lowest BCUT2D eigenvalue weighted by molar-refractivity contribution is 0.129. The van der Waals surface area contributed by atoms with E-state index in [1.165, 1.54) is 17.3 Å². The van der Waals surface area contributed by atoms with Crippen LogP contribution in [0.2, 0.25) is 5.02 Å². The van der Waals surface area contributed by atoms with Crippen molar-refractivity contribution in [1.82, 2.24) is 20.7 Å². The molecule has 4 rings (SSSR count). The summed E-state index contributed by atoms with van der Waals surface area (Å²) in [6, 6.07) is 16.8. The molecular formula is C25H33ClN8. The van der Waals surface area contributed by atoms with Gasteiger partial charge in [0.25, 0.3) is 0 Å². The normalized spacial score (nSPS) is 19.0. The highest BCUT2D eigenvalue weighted by Crippen LogP contribution is 2.21. The van der Waals surface area contributed by atoms with Gasteiger partial charge in [0, 0.05) is 37.2 Å². The van der Waals surface area contributed by atoms with Crippen molar-refractivity contribution in [3.05, 3.63) is 82.5 Å². The zero-order valence-corrected chi connectivity index (χ0v) is 20.0. The largest absolute Gasteiger partial charge is 0.405 e. The van der Waals surface area contributed by atoms with Crippen LogP contribution < -0.4 is 22.3 Å². The summed E-state index contributed by atoms with van der Waals surface area (Å²) >= 11 is 6.07. The fourth-order valence-corrected chi connectivity index (χ4v) is 4.60. The molecule has 1 saturated heterocycles. The van der Waals surface area contributed by atoms with Crippen molar-refractivity contribution >= 4 is 23.3 Å².